The molecule has 4 aromatic rings. The molecule has 2 heterocycles. The van der Waals surface area contributed by atoms with Crippen LogP contribution in [0, 0.1) is 13.8 Å². The molecular formula is C30H28Cl2N4O. The number of hydrazone groups is 1. The quantitative estimate of drug-likeness (QED) is 0.222. The molecule has 1 aromatic heterocycles. The summed E-state index contributed by atoms with van der Waals surface area (Å²) < 4.78 is 2.04. The van der Waals surface area contributed by atoms with Crippen LogP contribution in [0.1, 0.15) is 44.0 Å². The van der Waals surface area contributed by atoms with Gasteiger partial charge in [-0.25, -0.2) is 5.43 Å². The van der Waals surface area contributed by atoms with Gasteiger partial charge in [0.15, 0.2) is 0 Å². The zero-order valence-corrected chi connectivity index (χ0v) is 22.4. The summed E-state index contributed by atoms with van der Waals surface area (Å²) in [7, 11) is 0. The van der Waals surface area contributed by atoms with Gasteiger partial charge in [-0.2, -0.15) is 5.10 Å². The first-order valence-electron chi connectivity index (χ1n) is 12.2. The zero-order valence-electron chi connectivity index (χ0n) is 20.8. The van der Waals surface area contributed by atoms with Gasteiger partial charge in [0.1, 0.15) is 0 Å². The van der Waals surface area contributed by atoms with Gasteiger partial charge in [0.25, 0.3) is 5.91 Å². The number of carbonyl (C=O) groups excluding carboxylic acids is 1. The van der Waals surface area contributed by atoms with E-state index < -0.39 is 0 Å². The van der Waals surface area contributed by atoms with Crippen molar-refractivity contribution >= 4 is 35.3 Å². The minimum Gasteiger partial charge on any atom is -0.316 e. The zero-order chi connectivity index (χ0) is 25.9. The van der Waals surface area contributed by atoms with Crippen LogP contribution in [0.25, 0.3) is 5.69 Å². The van der Waals surface area contributed by atoms with Crippen molar-refractivity contribution in [1.82, 2.24) is 14.9 Å². The third kappa shape index (κ3) is 5.64. The highest BCUT2D eigenvalue weighted by atomic mass is 35.5. The van der Waals surface area contributed by atoms with Gasteiger partial charge in [-0.05, 0) is 73.4 Å². The van der Waals surface area contributed by atoms with Crippen LogP contribution in [0.2, 0.25) is 10.0 Å². The fourth-order valence-corrected chi connectivity index (χ4v) is 5.38. The molecule has 1 aliphatic heterocycles. The van der Waals surface area contributed by atoms with Crippen LogP contribution in [0.15, 0.2) is 77.9 Å². The molecule has 7 heteroatoms. The third-order valence-corrected chi connectivity index (χ3v) is 7.36. The molecule has 0 bridgehead atoms. The van der Waals surface area contributed by atoms with E-state index in [2.05, 4.69) is 39.7 Å². The number of carbonyl (C=O) groups is 1. The van der Waals surface area contributed by atoms with Gasteiger partial charge in [0.05, 0.1) is 16.9 Å². The van der Waals surface area contributed by atoms with Crippen molar-refractivity contribution in [3.8, 4) is 5.69 Å². The molecule has 0 saturated carbocycles. The molecule has 0 radical (unpaired) electrons. The van der Waals surface area contributed by atoms with Crippen LogP contribution in [0.3, 0.4) is 0 Å². The number of halogens is 2. The molecule has 3 aromatic carbocycles. The second kappa shape index (κ2) is 10.9. The average Bonchev–Trinajstić information content (AvgIpc) is 3.17. The number of hydrogen-bond donors (Lipinski definition) is 1. The standard InChI is InChI=1S/C30H28Cl2N4O/c1-20-15-26(21(2)36(20)29-12-11-27(31)16-28(29)32)17-33-34-30(37)24-9-7-22(8-10-24)18-35-14-13-23-5-3-4-6-25(23)19-35/h3-12,15-17H,13-14,18-19H2,1-2H3,(H,34,37)/b33-17-. The fraction of sp³-hybridized carbons (Fsp3) is 0.200. The number of fused-ring (bicyclic) bond motifs is 1. The molecule has 0 atom stereocenters. The summed E-state index contributed by atoms with van der Waals surface area (Å²) >= 11 is 12.5. The van der Waals surface area contributed by atoms with Gasteiger partial charge in [-0.3, -0.25) is 9.69 Å². The van der Waals surface area contributed by atoms with Gasteiger partial charge in [0, 0.05) is 47.2 Å². The highest BCUT2D eigenvalue weighted by Crippen LogP contribution is 2.28. The van der Waals surface area contributed by atoms with E-state index >= 15 is 0 Å². The van der Waals surface area contributed by atoms with E-state index in [0.717, 1.165) is 48.7 Å². The molecule has 0 saturated heterocycles. The largest absolute Gasteiger partial charge is 0.316 e. The van der Waals surface area contributed by atoms with E-state index in [9.17, 15) is 4.79 Å². The Morgan fingerprint density at radius 2 is 1.76 bits per heavy atom. The van der Waals surface area contributed by atoms with Crippen LogP contribution in [-0.4, -0.2) is 28.1 Å². The lowest BCUT2D eigenvalue weighted by Gasteiger charge is -2.28. The van der Waals surface area contributed by atoms with E-state index in [4.69, 9.17) is 23.2 Å². The lowest BCUT2D eigenvalue weighted by molar-refractivity contribution is 0.0955. The first-order chi connectivity index (χ1) is 17.9. The van der Waals surface area contributed by atoms with Crippen LogP contribution in [0.5, 0.6) is 0 Å². The molecule has 1 amide bonds. The monoisotopic (exact) mass is 530 g/mol. The Bertz CT molecular complexity index is 1470. The number of hydrogen-bond acceptors (Lipinski definition) is 3. The Labute approximate surface area is 227 Å². The number of nitrogens with one attached hydrogen (secondary N) is 1. The summed E-state index contributed by atoms with van der Waals surface area (Å²) in [5.74, 6) is -0.246. The summed E-state index contributed by atoms with van der Waals surface area (Å²) in [4.78, 5) is 15.1. The van der Waals surface area contributed by atoms with Crippen molar-refractivity contribution in [3.63, 3.8) is 0 Å². The van der Waals surface area contributed by atoms with E-state index in [1.165, 1.54) is 16.7 Å². The summed E-state index contributed by atoms with van der Waals surface area (Å²) in [6.07, 6.45) is 2.73. The number of aryl methyl sites for hydroxylation is 1. The van der Waals surface area contributed by atoms with Crippen LogP contribution in [-0.2, 0) is 19.5 Å². The molecule has 5 nitrogen and oxygen atoms in total. The van der Waals surface area contributed by atoms with Gasteiger partial charge in [-0.1, -0.05) is 59.6 Å². The van der Waals surface area contributed by atoms with Crippen molar-refractivity contribution in [2.24, 2.45) is 5.10 Å². The minimum atomic E-state index is -0.246. The molecule has 188 valence electrons. The van der Waals surface area contributed by atoms with Gasteiger partial charge < -0.3 is 4.57 Å². The van der Waals surface area contributed by atoms with Crippen molar-refractivity contribution in [2.75, 3.05) is 6.54 Å². The predicted molar refractivity (Wildman–Crippen MR) is 151 cm³/mol. The van der Waals surface area contributed by atoms with Crippen molar-refractivity contribution in [3.05, 3.63) is 122 Å². The Balaban J connectivity index is 1.20. The van der Waals surface area contributed by atoms with Crippen molar-refractivity contribution in [1.29, 1.82) is 0 Å². The molecule has 1 N–H and O–H groups in total. The van der Waals surface area contributed by atoms with Gasteiger partial charge in [0.2, 0.25) is 0 Å². The number of amides is 1. The first kappa shape index (κ1) is 25.3. The fourth-order valence-electron chi connectivity index (χ4n) is 4.89. The number of aromatic nitrogens is 1. The number of nitrogens with zero attached hydrogens (tertiary/aromatic N) is 3. The van der Waals surface area contributed by atoms with E-state index in [-0.39, 0.29) is 5.91 Å². The summed E-state index contributed by atoms with van der Waals surface area (Å²) in [6.45, 7) is 6.84. The Kier molecular flexibility index (Phi) is 7.47. The van der Waals surface area contributed by atoms with E-state index in [1.54, 1.807) is 12.3 Å². The smallest absolute Gasteiger partial charge is 0.271 e. The van der Waals surface area contributed by atoms with Gasteiger partial charge in [-0.15, -0.1) is 0 Å². The predicted octanol–water partition coefficient (Wildman–Crippen LogP) is 6.72. The molecule has 0 aliphatic carbocycles. The summed E-state index contributed by atoms with van der Waals surface area (Å²) in [6, 6.07) is 23.8. The Morgan fingerprint density at radius 1 is 1.00 bits per heavy atom. The van der Waals surface area contributed by atoms with Crippen LogP contribution >= 0.6 is 23.2 Å². The van der Waals surface area contributed by atoms with Crippen LogP contribution < -0.4 is 5.43 Å². The number of rotatable bonds is 6. The van der Waals surface area contributed by atoms with Gasteiger partial charge >= 0.3 is 0 Å². The Morgan fingerprint density at radius 3 is 2.51 bits per heavy atom. The minimum absolute atomic E-state index is 0.246. The number of benzene rings is 3. The van der Waals surface area contributed by atoms with Crippen molar-refractivity contribution in [2.45, 2.75) is 33.4 Å². The molecule has 0 unspecified atom stereocenters. The third-order valence-electron chi connectivity index (χ3n) is 6.82. The van der Waals surface area contributed by atoms with Crippen LogP contribution in [0.4, 0.5) is 0 Å². The second-order valence-corrected chi connectivity index (χ2v) is 10.2. The molecule has 0 spiro atoms. The topological polar surface area (TPSA) is 49.6 Å². The first-order valence-corrected chi connectivity index (χ1v) is 13.0. The normalized spacial score (nSPS) is 13.6. The maximum atomic E-state index is 12.7. The van der Waals surface area contributed by atoms with E-state index in [1.807, 2.05) is 60.9 Å². The SMILES string of the molecule is Cc1cc(/C=N\NC(=O)c2ccc(CN3CCc4ccccc4C3)cc2)c(C)n1-c1ccc(Cl)cc1Cl. The molecule has 37 heavy (non-hydrogen) atoms. The van der Waals surface area contributed by atoms with E-state index in [0.29, 0.717) is 15.6 Å². The lowest BCUT2D eigenvalue weighted by Crippen LogP contribution is -2.30. The summed E-state index contributed by atoms with van der Waals surface area (Å²) in [5, 5.41) is 5.36. The highest BCUT2D eigenvalue weighted by molar-refractivity contribution is 6.35. The molecular weight excluding hydrogens is 503 g/mol. The average molecular weight is 531 g/mol. The lowest BCUT2D eigenvalue weighted by atomic mass is 9.99. The molecule has 5 rings (SSSR count). The molecule has 1 aliphatic rings. The van der Waals surface area contributed by atoms with Crippen molar-refractivity contribution < 1.29 is 4.79 Å². The maximum Gasteiger partial charge on any atom is 0.271 e. The summed E-state index contributed by atoms with van der Waals surface area (Å²) in [5.41, 5.74) is 11.0. The molecule has 0 fully saturated rings. The highest BCUT2D eigenvalue weighted by Gasteiger charge is 2.16. The maximum absolute atomic E-state index is 12.7. The second-order valence-electron chi connectivity index (χ2n) is 9.38. The Hall–Kier alpha value is -3.38.